The number of aromatic amines is 1. The Hall–Kier alpha value is -3.89. The van der Waals surface area contributed by atoms with E-state index >= 15 is 0 Å². The average Bonchev–Trinajstić information content (AvgIpc) is 3.50. The van der Waals surface area contributed by atoms with E-state index in [4.69, 9.17) is 4.74 Å². The lowest BCUT2D eigenvalue weighted by Crippen LogP contribution is -2.47. The van der Waals surface area contributed by atoms with Gasteiger partial charge in [-0.15, -0.1) is 0 Å². The predicted octanol–water partition coefficient (Wildman–Crippen LogP) is 1.47. The zero-order chi connectivity index (χ0) is 25.4. The minimum atomic E-state index is -0.429. The molecule has 5 rings (SSSR count). The molecule has 2 aromatic heterocycles. The fourth-order valence-electron chi connectivity index (χ4n) is 5.22. The van der Waals surface area contributed by atoms with Gasteiger partial charge in [0.25, 0.3) is 5.56 Å². The van der Waals surface area contributed by atoms with Crippen LogP contribution in [0.3, 0.4) is 0 Å². The van der Waals surface area contributed by atoms with Gasteiger partial charge >= 0.3 is 11.8 Å². The number of cyclic esters (lactones) is 1. The predicted molar refractivity (Wildman–Crippen MR) is 131 cm³/mol. The number of benzene rings is 1. The second kappa shape index (κ2) is 9.63. The van der Waals surface area contributed by atoms with Gasteiger partial charge in [0.2, 0.25) is 5.91 Å². The molecule has 1 unspecified atom stereocenters. The minimum Gasteiger partial charge on any atom is -0.447 e. The molecule has 0 radical (unpaired) electrons. The van der Waals surface area contributed by atoms with Crippen molar-refractivity contribution in [3.05, 3.63) is 62.6 Å². The van der Waals surface area contributed by atoms with Crippen LogP contribution in [-0.2, 0) is 30.0 Å². The second-order valence-electron chi connectivity index (χ2n) is 9.46. The summed E-state index contributed by atoms with van der Waals surface area (Å²) in [5.41, 5.74) is 0.826. The van der Waals surface area contributed by atoms with Crippen molar-refractivity contribution in [1.82, 2.24) is 28.9 Å². The summed E-state index contributed by atoms with van der Waals surface area (Å²) in [6, 6.07) is 9.85. The smallest absolute Gasteiger partial charge is 0.410 e. The maximum atomic E-state index is 12.8. The Kier molecular flexibility index (Phi) is 6.38. The first-order valence-corrected chi connectivity index (χ1v) is 12.3. The maximum absolute atomic E-state index is 12.8. The zero-order valence-corrected chi connectivity index (χ0v) is 20.5. The van der Waals surface area contributed by atoms with E-state index in [0.717, 1.165) is 10.1 Å². The third-order valence-corrected chi connectivity index (χ3v) is 7.25. The van der Waals surface area contributed by atoms with Crippen LogP contribution in [0.1, 0.15) is 43.1 Å². The molecule has 11 nitrogen and oxygen atoms in total. The van der Waals surface area contributed by atoms with Gasteiger partial charge in [-0.05, 0) is 24.8 Å². The number of hydrogen-bond acceptors (Lipinski definition) is 6. The molecule has 36 heavy (non-hydrogen) atoms. The summed E-state index contributed by atoms with van der Waals surface area (Å²) in [5.74, 6) is 0.644. The first-order chi connectivity index (χ1) is 17.3. The molecule has 2 aliphatic rings. The molecule has 3 aromatic rings. The van der Waals surface area contributed by atoms with E-state index in [1.165, 1.54) is 11.6 Å². The molecule has 11 heteroatoms. The van der Waals surface area contributed by atoms with Crippen LogP contribution in [-0.4, -0.2) is 66.6 Å². The Morgan fingerprint density at radius 2 is 1.81 bits per heavy atom. The molecule has 0 saturated carbocycles. The van der Waals surface area contributed by atoms with Crippen LogP contribution < -0.4 is 11.2 Å². The van der Waals surface area contributed by atoms with Crippen molar-refractivity contribution in [2.75, 3.05) is 19.7 Å². The number of carbonyl (C=O) groups is 2. The quantitative estimate of drug-likeness (QED) is 0.554. The van der Waals surface area contributed by atoms with Crippen molar-refractivity contribution in [2.45, 2.75) is 44.2 Å². The summed E-state index contributed by atoms with van der Waals surface area (Å²) in [6.45, 7) is 1.54. The van der Waals surface area contributed by atoms with Crippen molar-refractivity contribution in [3.8, 4) is 0 Å². The van der Waals surface area contributed by atoms with E-state index in [1.54, 1.807) is 7.05 Å². The number of aryl methyl sites for hydroxylation is 2. The number of carbonyl (C=O) groups excluding carboxylic acids is 2. The molecule has 190 valence electrons. The summed E-state index contributed by atoms with van der Waals surface area (Å²) in [4.78, 5) is 60.8. The maximum Gasteiger partial charge on any atom is 0.410 e. The Morgan fingerprint density at radius 3 is 2.53 bits per heavy atom. The van der Waals surface area contributed by atoms with Gasteiger partial charge in [-0.1, -0.05) is 30.3 Å². The number of likely N-dealkylation sites (tertiary alicyclic amines) is 1. The van der Waals surface area contributed by atoms with Crippen molar-refractivity contribution >= 4 is 23.2 Å². The Labute approximate surface area is 207 Å². The number of fused-ring (bicyclic) bond motifs is 1. The summed E-state index contributed by atoms with van der Waals surface area (Å²) >= 11 is 0. The molecule has 2 saturated heterocycles. The van der Waals surface area contributed by atoms with Gasteiger partial charge in [-0.25, -0.2) is 14.6 Å². The van der Waals surface area contributed by atoms with Crippen molar-refractivity contribution in [1.29, 1.82) is 0 Å². The number of imidazole rings is 1. The molecular weight excluding hydrogens is 464 g/mol. The van der Waals surface area contributed by atoms with Gasteiger partial charge < -0.3 is 14.6 Å². The number of ether oxygens (including phenoxy) is 1. The molecule has 0 spiro atoms. The molecule has 0 bridgehead atoms. The summed E-state index contributed by atoms with van der Waals surface area (Å²) in [6.07, 6.45) is 2.56. The Morgan fingerprint density at radius 1 is 1.08 bits per heavy atom. The minimum absolute atomic E-state index is 0.0408. The lowest BCUT2D eigenvalue weighted by Gasteiger charge is -2.38. The SMILES string of the molecule is Cn1c(=O)c2[nH]c(CCCC(=O)N3CCC(N4C(=O)OCC4c4ccccc4)CC3)nc2n(C)c1=O. The number of amides is 2. The van der Waals surface area contributed by atoms with Gasteiger partial charge in [0.15, 0.2) is 5.65 Å². The van der Waals surface area contributed by atoms with Crippen LogP contribution in [0, 0.1) is 0 Å². The molecule has 2 aliphatic heterocycles. The van der Waals surface area contributed by atoms with E-state index in [1.807, 2.05) is 40.1 Å². The highest BCUT2D eigenvalue weighted by molar-refractivity contribution is 5.76. The summed E-state index contributed by atoms with van der Waals surface area (Å²) in [7, 11) is 3.01. The molecule has 4 heterocycles. The highest BCUT2D eigenvalue weighted by atomic mass is 16.6. The number of nitrogens with zero attached hydrogens (tertiary/aromatic N) is 5. The zero-order valence-electron chi connectivity index (χ0n) is 20.5. The van der Waals surface area contributed by atoms with Gasteiger partial charge in [0.05, 0.1) is 6.04 Å². The van der Waals surface area contributed by atoms with Crippen molar-refractivity contribution < 1.29 is 14.3 Å². The monoisotopic (exact) mass is 494 g/mol. The largest absolute Gasteiger partial charge is 0.447 e. The van der Waals surface area contributed by atoms with E-state index in [9.17, 15) is 19.2 Å². The average molecular weight is 495 g/mol. The molecular formula is C25H30N6O5. The van der Waals surface area contributed by atoms with Crippen LogP contribution >= 0.6 is 0 Å². The molecule has 1 N–H and O–H groups in total. The fraction of sp³-hybridized carbons (Fsp3) is 0.480. The lowest BCUT2D eigenvalue weighted by atomic mass is 9.99. The first-order valence-electron chi connectivity index (χ1n) is 12.3. The Bertz CT molecular complexity index is 1400. The molecule has 2 fully saturated rings. The molecule has 0 aliphatic carbocycles. The number of nitrogens with one attached hydrogen (secondary N) is 1. The van der Waals surface area contributed by atoms with Crippen LogP contribution in [0.2, 0.25) is 0 Å². The van der Waals surface area contributed by atoms with Gasteiger partial charge in [-0.3, -0.25) is 23.6 Å². The summed E-state index contributed by atoms with van der Waals surface area (Å²) in [5, 5.41) is 0. The van der Waals surface area contributed by atoms with Crippen molar-refractivity contribution in [3.63, 3.8) is 0 Å². The van der Waals surface area contributed by atoms with Gasteiger partial charge in [0.1, 0.15) is 17.9 Å². The standard InChI is InChI=1S/C25H30N6O5/c1-28-22-21(23(33)29(2)24(28)34)26-19(27-22)9-6-10-20(32)30-13-11-17(12-14-30)31-18(15-36-25(31)35)16-7-4-3-5-8-16/h3-5,7-8,17-18H,6,9-15H2,1-2H3,(H,26,27). The summed E-state index contributed by atoms with van der Waals surface area (Å²) < 4.78 is 7.74. The number of piperidine rings is 1. The molecule has 2 amide bonds. The third-order valence-electron chi connectivity index (χ3n) is 7.25. The van der Waals surface area contributed by atoms with E-state index < -0.39 is 11.2 Å². The second-order valence-corrected chi connectivity index (χ2v) is 9.46. The van der Waals surface area contributed by atoms with E-state index in [2.05, 4.69) is 9.97 Å². The highest BCUT2D eigenvalue weighted by Crippen LogP contribution is 2.33. The van der Waals surface area contributed by atoms with Gasteiger partial charge in [-0.2, -0.15) is 0 Å². The fourth-order valence-corrected chi connectivity index (χ4v) is 5.22. The normalized spacial score (nSPS) is 18.7. The highest BCUT2D eigenvalue weighted by Gasteiger charge is 2.40. The lowest BCUT2D eigenvalue weighted by molar-refractivity contribution is -0.132. The van der Waals surface area contributed by atoms with Crippen LogP contribution in [0.15, 0.2) is 39.9 Å². The van der Waals surface area contributed by atoms with Crippen LogP contribution in [0.5, 0.6) is 0 Å². The van der Waals surface area contributed by atoms with Crippen molar-refractivity contribution in [2.24, 2.45) is 14.1 Å². The number of aromatic nitrogens is 4. The molecule has 1 aromatic carbocycles. The first kappa shape index (κ1) is 23.8. The van der Waals surface area contributed by atoms with Crippen LogP contribution in [0.25, 0.3) is 11.2 Å². The number of H-pyrrole nitrogens is 1. The van der Waals surface area contributed by atoms with E-state index in [0.29, 0.717) is 63.3 Å². The van der Waals surface area contributed by atoms with Crippen LogP contribution in [0.4, 0.5) is 4.79 Å². The van der Waals surface area contributed by atoms with E-state index in [-0.39, 0.29) is 29.6 Å². The van der Waals surface area contributed by atoms with Gasteiger partial charge in [0, 0.05) is 46.1 Å². The number of rotatable bonds is 6. The third kappa shape index (κ3) is 4.29. The topological polar surface area (TPSA) is 123 Å². The molecule has 1 atom stereocenters. The number of hydrogen-bond donors (Lipinski definition) is 1. The Balaban J connectivity index is 1.15.